The predicted molar refractivity (Wildman–Crippen MR) is 82.2 cm³/mol. The van der Waals surface area contributed by atoms with Gasteiger partial charge in [-0.1, -0.05) is 42.8 Å². The van der Waals surface area contributed by atoms with E-state index in [4.69, 9.17) is 22.1 Å². The lowest BCUT2D eigenvalue weighted by Gasteiger charge is -2.31. The van der Waals surface area contributed by atoms with Gasteiger partial charge in [0.25, 0.3) is 0 Å². The predicted octanol–water partition coefficient (Wildman–Crippen LogP) is 4.43. The van der Waals surface area contributed by atoms with Crippen molar-refractivity contribution in [2.45, 2.75) is 31.9 Å². The van der Waals surface area contributed by atoms with Gasteiger partial charge in [-0.25, -0.2) is 0 Å². The SMILES string of the molecule is CCc1ccccc1C1C[C@H](N)c2cc(Cl)ccc2O1. The molecule has 104 valence electrons. The smallest absolute Gasteiger partial charge is 0.126 e. The van der Waals surface area contributed by atoms with E-state index in [1.165, 1.54) is 11.1 Å². The minimum absolute atomic E-state index is 0.0230. The summed E-state index contributed by atoms with van der Waals surface area (Å²) >= 11 is 6.03. The van der Waals surface area contributed by atoms with Crippen LogP contribution in [0.15, 0.2) is 42.5 Å². The quantitative estimate of drug-likeness (QED) is 0.887. The van der Waals surface area contributed by atoms with Crippen LogP contribution in [-0.2, 0) is 6.42 Å². The lowest BCUT2D eigenvalue weighted by Crippen LogP contribution is -2.24. The first-order chi connectivity index (χ1) is 9.69. The van der Waals surface area contributed by atoms with Crippen LogP contribution in [0.3, 0.4) is 0 Å². The Bertz CT molecular complexity index is 626. The van der Waals surface area contributed by atoms with Crippen molar-refractivity contribution in [2.75, 3.05) is 0 Å². The van der Waals surface area contributed by atoms with Gasteiger partial charge < -0.3 is 10.5 Å². The van der Waals surface area contributed by atoms with Gasteiger partial charge in [0.2, 0.25) is 0 Å². The summed E-state index contributed by atoms with van der Waals surface area (Å²) in [5.41, 5.74) is 9.86. The number of hydrogen-bond acceptors (Lipinski definition) is 2. The average Bonchev–Trinajstić information content (AvgIpc) is 2.47. The number of fused-ring (bicyclic) bond motifs is 1. The van der Waals surface area contributed by atoms with Gasteiger partial charge in [0.05, 0.1) is 0 Å². The van der Waals surface area contributed by atoms with Crippen LogP contribution in [0.4, 0.5) is 0 Å². The van der Waals surface area contributed by atoms with Crippen LogP contribution in [0, 0.1) is 0 Å². The highest BCUT2D eigenvalue weighted by molar-refractivity contribution is 6.30. The van der Waals surface area contributed by atoms with Crippen molar-refractivity contribution < 1.29 is 4.74 Å². The molecule has 2 aromatic carbocycles. The fraction of sp³-hybridized carbons (Fsp3) is 0.294. The van der Waals surface area contributed by atoms with E-state index in [1.807, 2.05) is 18.2 Å². The molecule has 2 N–H and O–H groups in total. The highest BCUT2D eigenvalue weighted by atomic mass is 35.5. The standard InChI is InChI=1S/C17H18ClNO/c1-2-11-5-3-4-6-13(11)17-10-15(19)14-9-12(18)7-8-16(14)20-17/h3-9,15,17H,2,10,19H2,1H3/t15-,17?/m0/s1. The lowest BCUT2D eigenvalue weighted by molar-refractivity contribution is 0.160. The molecule has 0 fully saturated rings. The molecule has 20 heavy (non-hydrogen) atoms. The molecular formula is C17H18ClNO. The molecule has 3 rings (SSSR count). The van der Waals surface area contributed by atoms with Gasteiger partial charge >= 0.3 is 0 Å². The number of halogens is 1. The zero-order valence-corrected chi connectivity index (χ0v) is 12.2. The van der Waals surface area contributed by atoms with E-state index in [0.29, 0.717) is 5.02 Å². The Hall–Kier alpha value is -1.51. The summed E-state index contributed by atoms with van der Waals surface area (Å²) in [5.74, 6) is 0.851. The second-order valence-electron chi connectivity index (χ2n) is 5.18. The van der Waals surface area contributed by atoms with E-state index < -0.39 is 0 Å². The van der Waals surface area contributed by atoms with E-state index in [2.05, 4.69) is 31.2 Å². The van der Waals surface area contributed by atoms with Crippen LogP contribution < -0.4 is 10.5 Å². The van der Waals surface area contributed by atoms with Crippen molar-refractivity contribution in [1.29, 1.82) is 0 Å². The van der Waals surface area contributed by atoms with Gasteiger partial charge in [0.1, 0.15) is 11.9 Å². The molecule has 0 aromatic heterocycles. The van der Waals surface area contributed by atoms with Crippen LogP contribution in [0.5, 0.6) is 5.75 Å². The van der Waals surface area contributed by atoms with E-state index >= 15 is 0 Å². The van der Waals surface area contributed by atoms with E-state index in [0.717, 1.165) is 24.2 Å². The summed E-state index contributed by atoms with van der Waals surface area (Å²) in [6.45, 7) is 2.16. The van der Waals surface area contributed by atoms with Crippen molar-refractivity contribution in [3.63, 3.8) is 0 Å². The Labute approximate surface area is 124 Å². The molecule has 0 saturated carbocycles. The number of nitrogens with two attached hydrogens (primary N) is 1. The Kier molecular flexibility index (Phi) is 3.68. The minimum Gasteiger partial charge on any atom is -0.485 e. The number of hydrogen-bond donors (Lipinski definition) is 1. The molecule has 0 bridgehead atoms. The summed E-state index contributed by atoms with van der Waals surface area (Å²) in [5, 5.41) is 0.704. The van der Waals surface area contributed by atoms with Crippen molar-refractivity contribution in [3.05, 3.63) is 64.2 Å². The van der Waals surface area contributed by atoms with E-state index in [9.17, 15) is 0 Å². The number of benzene rings is 2. The monoisotopic (exact) mass is 287 g/mol. The van der Waals surface area contributed by atoms with Crippen LogP contribution in [-0.4, -0.2) is 0 Å². The molecule has 2 nitrogen and oxygen atoms in total. The third-order valence-electron chi connectivity index (χ3n) is 3.89. The maximum absolute atomic E-state index is 6.30. The zero-order valence-electron chi connectivity index (χ0n) is 11.5. The summed E-state index contributed by atoms with van der Waals surface area (Å²) in [4.78, 5) is 0. The van der Waals surface area contributed by atoms with Gasteiger partial charge in [-0.05, 0) is 35.7 Å². The van der Waals surface area contributed by atoms with Crippen molar-refractivity contribution in [1.82, 2.24) is 0 Å². The topological polar surface area (TPSA) is 35.2 Å². The molecule has 2 aromatic rings. The van der Waals surface area contributed by atoms with Crippen molar-refractivity contribution in [2.24, 2.45) is 5.73 Å². The second kappa shape index (κ2) is 5.47. The molecule has 1 aliphatic rings. The Morgan fingerprint density at radius 3 is 2.80 bits per heavy atom. The Morgan fingerprint density at radius 1 is 1.20 bits per heavy atom. The highest BCUT2D eigenvalue weighted by Crippen LogP contribution is 2.41. The average molecular weight is 288 g/mol. The van der Waals surface area contributed by atoms with Crippen molar-refractivity contribution >= 4 is 11.6 Å². The van der Waals surface area contributed by atoms with Gasteiger partial charge in [0, 0.05) is 23.0 Å². The van der Waals surface area contributed by atoms with Gasteiger partial charge in [-0.15, -0.1) is 0 Å². The van der Waals surface area contributed by atoms with Crippen LogP contribution in [0.1, 0.15) is 42.2 Å². The van der Waals surface area contributed by atoms with Gasteiger partial charge in [0.15, 0.2) is 0 Å². The maximum atomic E-state index is 6.30. The first kappa shape index (κ1) is 13.5. The third kappa shape index (κ3) is 2.41. The first-order valence-electron chi connectivity index (χ1n) is 6.98. The molecular weight excluding hydrogens is 270 g/mol. The number of rotatable bonds is 2. The van der Waals surface area contributed by atoms with Crippen LogP contribution >= 0.6 is 11.6 Å². The fourth-order valence-corrected chi connectivity index (χ4v) is 3.02. The van der Waals surface area contributed by atoms with Gasteiger partial charge in [-0.2, -0.15) is 0 Å². The molecule has 0 amide bonds. The summed E-state index contributed by atoms with van der Waals surface area (Å²) in [6.07, 6.45) is 1.80. The normalized spacial score (nSPS) is 21.1. The summed E-state index contributed by atoms with van der Waals surface area (Å²) in [6, 6.07) is 14.0. The Morgan fingerprint density at radius 2 is 2.00 bits per heavy atom. The second-order valence-corrected chi connectivity index (χ2v) is 5.62. The molecule has 0 saturated heterocycles. The fourth-order valence-electron chi connectivity index (χ4n) is 2.84. The number of aryl methyl sites for hydroxylation is 1. The van der Waals surface area contributed by atoms with E-state index in [1.54, 1.807) is 0 Å². The lowest BCUT2D eigenvalue weighted by atomic mass is 9.91. The molecule has 2 atom stereocenters. The zero-order chi connectivity index (χ0) is 14.1. The maximum Gasteiger partial charge on any atom is 0.126 e. The van der Waals surface area contributed by atoms with E-state index in [-0.39, 0.29) is 12.1 Å². The van der Waals surface area contributed by atoms with Crippen molar-refractivity contribution in [3.8, 4) is 5.75 Å². The van der Waals surface area contributed by atoms with Gasteiger partial charge in [-0.3, -0.25) is 0 Å². The molecule has 1 aliphatic heterocycles. The Balaban J connectivity index is 1.97. The number of ether oxygens (including phenoxy) is 1. The minimum atomic E-state index is -0.0348. The molecule has 1 unspecified atom stereocenters. The highest BCUT2D eigenvalue weighted by Gasteiger charge is 2.28. The molecule has 0 spiro atoms. The third-order valence-corrected chi connectivity index (χ3v) is 4.13. The molecule has 0 radical (unpaired) electrons. The summed E-state index contributed by atoms with van der Waals surface area (Å²) in [7, 11) is 0. The van der Waals surface area contributed by atoms with Crippen LogP contribution in [0.2, 0.25) is 5.02 Å². The molecule has 1 heterocycles. The molecule has 0 aliphatic carbocycles. The van der Waals surface area contributed by atoms with Crippen LogP contribution in [0.25, 0.3) is 0 Å². The molecule has 3 heteroatoms. The summed E-state index contributed by atoms with van der Waals surface area (Å²) < 4.78 is 6.15. The largest absolute Gasteiger partial charge is 0.485 e. The first-order valence-corrected chi connectivity index (χ1v) is 7.36.